The molecule has 1 saturated heterocycles. The number of halogens is 1. The quantitative estimate of drug-likeness (QED) is 0.766. The van der Waals surface area contributed by atoms with Crippen molar-refractivity contribution < 1.29 is 19.0 Å². The minimum absolute atomic E-state index is 0.0685. The van der Waals surface area contributed by atoms with Crippen molar-refractivity contribution in [1.82, 2.24) is 10.6 Å². The van der Waals surface area contributed by atoms with Crippen LogP contribution in [0.4, 0.5) is 4.39 Å². The minimum atomic E-state index is -0.761. The largest absolute Gasteiger partial charge is 0.507 e. The molecule has 0 bridgehead atoms. The van der Waals surface area contributed by atoms with Crippen molar-refractivity contribution in [1.29, 1.82) is 5.26 Å². The molecule has 1 heterocycles. The Kier molecular flexibility index (Phi) is 5.22. The SMILES string of the molecule is COc1ccc(F)cc1-c1c(C#N)ccc(O)c1C(=O)N=C1NCCCN1. The number of carbonyl (C=O) groups excluding carboxylic acids is 1. The van der Waals surface area contributed by atoms with Gasteiger partial charge in [0, 0.05) is 24.2 Å². The number of benzene rings is 2. The number of carbonyl (C=O) groups is 1. The molecule has 0 atom stereocenters. The number of amides is 1. The van der Waals surface area contributed by atoms with Gasteiger partial charge in [-0.25, -0.2) is 4.39 Å². The van der Waals surface area contributed by atoms with Gasteiger partial charge in [0.15, 0.2) is 5.96 Å². The average Bonchev–Trinajstić information content (AvgIpc) is 2.68. The first-order chi connectivity index (χ1) is 13.0. The van der Waals surface area contributed by atoms with Gasteiger partial charge in [0.25, 0.3) is 5.91 Å². The van der Waals surface area contributed by atoms with E-state index in [2.05, 4.69) is 15.6 Å². The molecule has 1 amide bonds. The number of aromatic hydroxyl groups is 1. The molecule has 0 radical (unpaired) electrons. The van der Waals surface area contributed by atoms with Crippen LogP contribution in [0.15, 0.2) is 35.3 Å². The third kappa shape index (κ3) is 3.67. The van der Waals surface area contributed by atoms with Gasteiger partial charge in [0.2, 0.25) is 0 Å². The van der Waals surface area contributed by atoms with E-state index >= 15 is 0 Å². The van der Waals surface area contributed by atoms with E-state index in [0.29, 0.717) is 13.1 Å². The lowest BCUT2D eigenvalue weighted by molar-refractivity contribution is 0.1000. The first-order valence-corrected chi connectivity index (χ1v) is 8.26. The summed E-state index contributed by atoms with van der Waals surface area (Å²) in [6.45, 7) is 1.32. The topological polar surface area (TPSA) is 107 Å². The van der Waals surface area contributed by atoms with E-state index in [4.69, 9.17) is 4.74 Å². The Morgan fingerprint density at radius 3 is 2.70 bits per heavy atom. The van der Waals surface area contributed by atoms with Crippen molar-refractivity contribution in [2.24, 2.45) is 4.99 Å². The third-order valence-corrected chi connectivity index (χ3v) is 4.10. The van der Waals surface area contributed by atoms with E-state index in [0.717, 1.165) is 12.5 Å². The number of ether oxygens (including phenoxy) is 1. The van der Waals surface area contributed by atoms with E-state index < -0.39 is 11.7 Å². The Morgan fingerprint density at radius 1 is 1.30 bits per heavy atom. The van der Waals surface area contributed by atoms with Gasteiger partial charge in [-0.2, -0.15) is 10.3 Å². The highest BCUT2D eigenvalue weighted by Crippen LogP contribution is 2.39. The fraction of sp³-hybridized carbons (Fsp3) is 0.211. The second kappa shape index (κ2) is 7.74. The van der Waals surface area contributed by atoms with Crippen LogP contribution in [-0.4, -0.2) is 37.2 Å². The van der Waals surface area contributed by atoms with E-state index in [1.165, 1.54) is 31.4 Å². The van der Waals surface area contributed by atoms with Crippen LogP contribution in [0.1, 0.15) is 22.3 Å². The van der Waals surface area contributed by atoms with Gasteiger partial charge in [-0.05, 0) is 36.8 Å². The Bertz CT molecular complexity index is 958. The molecule has 0 spiro atoms. The van der Waals surface area contributed by atoms with E-state index in [-0.39, 0.29) is 39.7 Å². The molecule has 3 rings (SSSR count). The highest BCUT2D eigenvalue weighted by Gasteiger charge is 2.24. The monoisotopic (exact) mass is 368 g/mol. The molecule has 1 aliphatic rings. The Balaban J connectivity index is 2.22. The second-order valence-corrected chi connectivity index (χ2v) is 5.81. The minimum Gasteiger partial charge on any atom is -0.507 e. The summed E-state index contributed by atoms with van der Waals surface area (Å²) < 4.78 is 19.1. The summed E-state index contributed by atoms with van der Waals surface area (Å²) in [5, 5.41) is 25.7. The standard InChI is InChI=1S/C19H17FN4O3/c1-27-15-6-4-12(20)9-13(15)16-11(10-21)3-5-14(25)17(16)18(26)24-19-22-7-2-8-23-19/h3-6,9,25H,2,7-8H2,1H3,(H2,22,23,24,26). The van der Waals surface area contributed by atoms with Gasteiger partial charge >= 0.3 is 0 Å². The van der Waals surface area contributed by atoms with Gasteiger partial charge in [0.1, 0.15) is 17.3 Å². The summed E-state index contributed by atoms with van der Waals surface area (Å²) in [4.78, 5) is 16.8. The fourth-order valence-corrected chi connectivity index (χ4v) is 2.86. The number of methoxy groups -OCH3 is 1. The zero-order chi connectivity index (χ0) is 19.4. The molecule has 27 heavy (non-hydrogen) atoms. The van der Waals surface area contributed by atoms with Crippen LogP contribution >= 0.6 is 0 Å². The van der Waals surface area contributed by atoms with Crippen LogP contribution < -0.4 is 15.4 Å². The number of nitrogens with zero attached hydrogens (tertiary/aromatic N) is 2. The maximum atomic E-state index is 13.9. The third-order valence-electron chi connectivity index (χ3n) is 4.10. The highest BCUT2D eigenvalue weighted by molar-refractivity contribution is 6.09. The smallest absolute Gasteiger partial charge is 0.284 e. The lowest BCUT2D eigenvalue weighted by Crippen LogP contribution is -2.44. The maximum Gasteiger partial charge on any atom is 0.284 e. The van der Waals surface area contributed by atoms with Crippen molar-refractivity contribution >= 4 is 11.9 Å². The fourth-order valence-electron chi connectivity index (χ4n) is 2.86. The zero-order valence-electron chi connectivity index (χ0n) is 14.5. The molecule has 0 unspecified atom stereocenters. The maximum absolute atomic E-state index is 13.9. The second-order valence-electron chi connectivity index (χ2n) is 5.81. The summed E-state index contributed by atoms with van der Waals surface area (Å²) in [5.41, 5.74) is 0.140. The van der Waals surface area contributed by atoms with Crippen LogP contribution in [0.3, 0.4) is 0 Å². The van der Waals surface area contributed by atoms with Gasteiger partial charge < -0.3 is 20.5 Å². The molecule has 8 heteroatoms. The number of nitriles is 1. The molecule has 0 aliphatic carbocycles. The number of phenols is 1. The van der Waals surface area contributed by atoms with Gasteiger partial charge in [-0.3, -0.25) is 4.79 Å². The predicted molar refractivity (Wildman–Crippen MR) is 97.2 cm³/mol. The Labute approximate surface area is 155 Å². The van der Waals surface area contributed by atoms with Crippen LogP contribution in [0.5, 0.6) is 11.5 Å². The van der Waals surface area contributed by atoms with Crippen LogP contribution in [-0.2, 0) is 0 Å². The summed E-state index contributed by atoms with van der Waals surface area (Å²) >= 11 is 0. The lowest BCUT2D eigenvalue weighted by Gasteiger charge is -2.18. The predicted octanol–water partition coefficient (Wildman–Crippen LogP) is 2.16. The average molecular weight is 368 g/mol. The summed E-state index contributed by atoms with van der Waals surface area (Å²) in [7, 11) is 1.39. The normalized spacial score (nSPS) is 13.1. The molecule has 2 aromatic rings. The van der Waals surface area contributed by atoms with Crippen LogP contribution in [0.25, 0.3) is 11.1 Å². The molecule has 7 nitrogen and oxygen atoms in total. The van der Waals surface area contributed by atoms with Crippen LogP contribution in [0, 0.1) is 17.1 Å². The Morgan fingerprint density at radius 2 is 2.04 bits per heavy atom. The van der Waals surface area contributed by atoms with E-state index in [1.807, 2.05) is 6.07 Å². The van der Waals surface area contributed by atoms with E-state index in [9.17, 15) is 19.6 Å². The summed E-state index contributed by atoms with van der Waals surface area (Å²) in [5.74, 6) is -1.15. The summed E-state index contributed by atoms with van der Waals surface area (Å²) in [6.07, 6.45) is 0.883. The number of hydrogen-bond acceptors (Lipinski definition) is 4. The molecule has 0 aromatic heterocycles. The van der Waals surface area contributed by atoms with Crippen molar-refractivity contribution in [3.05, 3.63) is 47.3 Å². The van der Waals surface area contributed by atoms with Gasteiger partial charge in [-0.1, -0.05) is 0 Å². The van der Waals surface area contributed by atoms with Crippen molar-refractivity contribution in [2.45, 2.75) is 6.42 Å². The van der Waals surface area contributed by atoms with Crippen molar-refractivity contribution in [3.63, 3.8) is 0 Å². The highest BCUT2D eigenvalue weighted by atomic mass is 19.1. The van der Waals surface area contributed by atoms with Crippen LogP contribution in [0.2, 0.25) is 0 Å². The molecular weight excluding hydrogens is 351 g/mol. The van der Waals surface area contributed by atoms with E-state index in [1.54, 1.807) is 0 Å². The number of aliphatic imine (C=N–C) groups is 1. The molecular formula is C19H17FN4O3. The first-order valence-electron chi connectivity index (χ1n) is 8.26. The Hall–Kier alpha value is -3.60. The molecule has 2 aromatic carbocycles. The number of rotatable bonds is 3. The van der Waals surface area contributed by atoms with Gasteiger partial charge in [-0.15, -0.1) is 0 Å². The number of guanidine groups is 1. The molecule has 1 fully saturated rings. The lowest BCUT2D eigenvalue weighted by atomic mass is 9.92. The number of nitrogens with one attached hydrogen (secondary N) is 2. The number of hydrogen-bond donors (Lipinski definition) is 3. The first kappa shape index (κ1) is 18.2. The molecule has 3 N–H and O–H groups in total. The van der Waals surface area contributed by atoms with Gasteiger partial charge in [0.05, 0.1) is 24.3 Å². The molecule has 1 aliphatic heterocycles. The molecule has 0 saturated carbocycles. The van der Waals surface area contributed by atoms with Crippen molar-refractivity contribution in [3.8, 4) is 28.7 Å². The van der Waals surface area contributed by atoms with Crippen molar-refractivity contribution in [2.75, 3.05) is 20.2 Å². The number of phenolic OH excluding ortho intramolecular Hbond substituents is 1. The zero-order valence-corrected chi connectivity index (χ0v) is 14.5. The summed E-state index contributed by atoms with van der Waals surface area (Å²) in [6, 6.07) is 8.31. The molecule has 138 valence electrons.